The van der Waals surface area contributed by atoms with E-state index in [0.717, 1.165) is 18.9 Å². The van der Waals surface area contributed by atoms with Crippen molar-refractivity contribution in [2.45, 2.75) is 54.0 Å². The summed E-state index contributed by atoms with van der Waals surface area (Å²) in [5.74, 6) is 1.55. The van der Waals surface area contributed by atoms with Crippen LogP contribution in [0.4, 0.5) is 0 Å². The molecule has 1 aliphatic rings. The number of ketones is 1. The molecule has 0 amide bonds. The average molecular weight is 330 g/mol. The van der Waals surface area contributed by atoms with Crippen LogP contribution in [0.1, 0.15) is 48.0 Å². The van der Waals surface area contributed by atoms with Gasteiger partial charge in [0.1, 0.15) is 0 Å². The van der Waals surface area contributed by atoms with Gasteiger partial charge in [-0.25, -0.2) is 0 Å². The Labute approximate surface area is 140 Å². The van der Waals surface area contributed by atoms with Crippen molar-refractivity contribution in [3.05, 3.63) is 14.4 Å². The molecule has 0 aromatic rings. The Hall–Kier alpha value is 0.734. The molecule has 0 saturated carbocycles. The van der Waals surface area contributed by atoms with Crippen molar-refractivity contribution in [2.24, 2.45) is 17.3 Å². The molecule has 18 heavy (non-hydrogen) atoms. The standard InChI is InChI=1S/C10H18NO.C4H10.CH3.Y/c1-7-5-8(11-6-7)9(12)10(2,3)4;1-4(2)3;;/h7-8,11H,1,5-6H2,2-4H3;4H,1-3H3;1H3;/q-1;;-1;. The minimum Gasteiger partial charge on any atom is -0.358 e. The van der Waals surface area contributed by atoms with Gasteiger partial charge in [0.2, 0.25) is 0 Å². The van der Waals surface area contributed by atoms with E-state index in [-0.39, 0.29) is 51.6 Å². The molecule has 0 bridgehead atoms. The predicted molar refractivity (Wildman–Crippen MR) is 76.6 cm³/mol. The van der Waals surface area contributed by atoms with Gasteiger partial charge >= 0.3 is 0 Å². The molecular formula is C15H31NOY-2. The number of carbonyl (C=O) groups is 1. The van der Waals surface area contributed by atoms with Gasteiger partial charge in [-0.15, -0.1) is 0 Å². The van der Waals surface area contributed by atoms with Crippen molar-refractivity contribution in [3.63, 3.8) is 0 Å². The maximum Gasteiger partial charge on any atom is 0.154 e. The van der Waals surface area contributed by atoms with Crippen LogP contribution < -0.4 is 5.32 Å². The van der Waals surface area contributed by atoms with E-state index in [4.69, 9.17) is 0 Å². The summed E-state index contributed by atoms with van der Waals surface area (Å²) in [7, 11) is 0. The first kappa shape index (κ1) is 23.8. The van der Waals surface area contributed by atoms with E-state index in [1.165, 1.54) is 0 Å². The molecule has 1 radical (unpaired) electrons. The van der Waals surface area contributed by atoms with Crippen LogP contribution in [-0.4, -0.2) is 18.4 Å². The zero-order valence-corrected chi connectivity index (χ0v) is 16.2. The third-order valence-corrected chi connectivity index (χ3v) is 2.28. The summed E-state index contributed by atoms with van der Waals surface area (Å²) in [5.41, 5.74) is -0.221. The molecule has 1 aliphatic heterocycles. The second-order valence-corrected chi connectivity index (χ2v) is 6.41. The average Bonchev–Trinajstić information content (AvgIpc) is 2.47. The normalized spacial score (nSPS) is 22.4. The maximum atomic E-state index is 11.7. The molecule has 0 aromatic carbocycles. The van der Waals surface area contributed by atoms with E-state index in [9.17, 15) is 4.79 Å². The van der Waals surface area contributed by atoms with Gasteiger partial charge in [-0.1, -0.05) is 48.0 Å². The minimum atomic E-state index is -0.221. The number of hydrogen-bond donors (Lipinski definition) is 1. The monoisotopic (exact) mass is 330 g/mol. The van der Waals surface area contributed by atoms with Crippen molar-refractivity contribution in [1.29, 1.82) is 0 Å². The van der Waals surface area contributed by atoms with Crippen molar-refractivity contribution in [1.82, 2.24) is 5.32 Å². The minimum absolute atomic E-state index is 0. The molecular weight excluding hydrogens is 299 g/mol. The number of nitrogens with one attached hydrogen (secondary N) is 1. The van der Waals surface area contributed by atoms with Crippen LogP contribution >= 0.6 is 0 Å². The molecule has 0 aliphatic carbocycles. The number of Topliss-reactive ketones (excluding diaryl/α,β-unsaturated/α-hetero) is 1. The molecule has 1 rings (SSSR count). The molecule has 1 N–H and O–H groups in total. The summed E-state index contributed by atoms with van der Waals surface area (Å²) in [4.78, 5) is 11.7. The fourth-order valence-corrected chi connectivity index (χ4v) is 1.53. The zero-order valence-electron chi connectivity index (χ0n) is 13.3. The first-order valence-corrected chi connectivity index (χ1v) is 6.25. The second kappa shape index (κ2) is 10.5. The first-order chi connectivity index (χ1) is 7.14. The van der Waals surface area contributed by atoms with Crippen LogP contribution in [0.5, 0.6) is 0 Å². The first-order valence-electron chi connectivity index (χ1n) is 6.25. The van der Waals surface area contributed by atoms with Crippen molar-refractivity contribution < 1.29 is 37.5 Å². The third kappa shape index (κ3) is 10.6. The van der Waals surface area contributed by atoms with Crippen LogP contribution in [0.15, 0.2) is 0 Å². The quantitative estimate of drug-likeness (QED) is 0.745. The second-order valence-electron chi connectivity index (χ2n) is 6.41. The third-order valence-electron chi connectivity index (χ3n) is 2.28. The van der Waals surface area contributed by atoms with Gasteiger partial charge in [-0.3, -0.25) is 4.79 Å². The van der Waals surface area contributed by atoms with E-state index in [2.05, 4.69) is 33.0 Å². The van der Waals surface area contributed by atoms with Crippen LogP contribution in [-0.2, 0) is 37.5 Å². The summed E-state index contributed by atoms with van der Waals surface area (Å²) in [6.07, 6.45) is 0.899. The molecule has 3 heteroatoms. The molecule has 2 atom stereocenters. The van der Waals surface area contributed by atoms with Crippen LogP contribution in [0.3, 0.4) is 0 Å². The topological polar surface area (TPSA) is 29.1 Å². The smallest absolute Gasteiger partial charge is 0.154 e. The SMILES string of the molecule is CC(C)C.[CH2-]C1CNC(C(=O)C(C)(C)C)C1.[CH3-].[Y]. The Balaban J connectivity index is -0.000000332. The fraction of sp³-hybridized carbons (Fsp3) is 0.800. The van der Waals surface area contributed by atoms with Gasteiger partial charge in [0, 0.05) is 38.1 Å². The summed E-state index contributed by atoms with van der Waals surface area (Å²) in [5, 5.41) is 3.20. The van der Waals surface area contributed by atoms with Gasteiger partial charge in [0.15, 0.2) is 5.78 Å². The zero-order chi connectivity index (χ0) is 12.9. The molecule has 1 heterocycles. The molecule has 1 saturated heterocycles. The fourth-order valence-electron chi connectivity index (χ4n) is 1.53. The van der Waals surface area contributed by atoms with Crippen molar-refractivity contribution in [2.75, 3.05) is 6.54 Å². The Morgan fingerprint density at radius 2 is 1.67 bits per heavy atom. The van der Waals surface area contributed by atoms with Crippen LogP contribution in [0.2, 0.25) is 0 Å². The van der Waals surface area contributed by atoms with E-state index in [0.29, 0.717) is 11.7 Å². The van der Waals surface area contributed by atoms with Crippen LogP contribution in [0.25, 0.3) is 0 Å². The maximum absolute atomic E-state index is 11.7. The van der Waals surface area contributed by atoms with Gasteiger partial charge < -0.3 is 19.7 Å². The van der Waals surface area contributed by atoms with Gasteiger partial charge in [0.05, 0.1) is 6.04 Å². The molecule has 2 nitrogen and oxygen atoms in total. The summed E-state index contributed by atoms with van der Waals surface area (Å²) in [6, 6.07) is 0.0486. The Kier molecular flexibility index (Phi) is 13.9. The Morgan fingerprint density at radius 3 is 1.89 bits per heavy atom. The van der Waals surface area contributed by atoms with E-state index in [1.54, 1.807) is 0 Å². The molecule has 107 valence electrons. The summed E-state index contributed by atoms with van der Waals surface area (Å²) in [6.45, 7) is 17.2. The van der Waals surface area contributed by atoms with Gasteiger partial charge in [-0.05, 0) is 12.5 Å². The Morgan fingerprint density at radius 1 is 1.28 bits per heavy atom. The van der Waals surface area contributed by atoms with Crippen LogP contribution in [0, 0.1) is 31.6 Å². The number of carbonyl (C=O) groups excluding carboxylic acids is 1. The Bertz CT molecular complexity index is 218. The van der Waals surface area contributed by atoms with E-state index in [1.807, 2.05) is 20.8 Å². The van der Waals surface area contributed by atoms with E-state index >= 15 is 0 Å². The van der Waals surface area contributed by atoms with Crippen molar-refractivity contribution >= 4 is 5.78 Å². The predicted octanol–water partition coefficient (Wildman–Crippen LogP) is 3.52. The summed E-state index contributed by atoms with van der Waals surface area (Å²) >= 11 is 0. The largest absolute Gasteiger partial charge is 0.358 e. The number of rotatable bonds is 1. The summed E-state index contributed by atoms with van der Waals surface area (Å²) < 4.78 is 0. The molecule has 0 aromatic heterocycles. The van der Waals surface area contributed by atoms with Gasteiger partial charge in [0.25, 0.3) is 0 Å². The number of hydrogen-bond acceptors (Lipinski definition) is 2. The van der Waals surface area contributed by atoms with Gasteiger partial charge in [-0.2, -0.15) is 5.92 Å². The molecule has 2 unspecified atom stereocenters. The molecule has 0 spiro atoms. The van der Waals surface area contributed by atoms with E-state index < -0.39 is 0 Å². The van der Waals surface area contributed by atoms with Crippen molar-refractivity contribution in [3.8, 4) is 0 Å². The molecule has 1 fully saturated rings.